The fourth-order valence-electron chi connectivity index (χ4n) is 1.35. The van der Waals surface area contributed by atoms with Gasteiger partial charge in [-0.05, 0) is 12.1 Å². The molecule has 2 rings (SSSR count). The van der Waals surface area contributed by atoms with Gasteiger partial charge < -0.3 is 24.0 Å². The van der Waals surface area contributed by atoms with Crippen LogP contribution in [0.15, 0.2) is 30.5 Å². The Labute approximate surface area is 110 Å². The second-order valence-electron chi connectivity index (χ2n) is 2.94. The van der Waals surface area contributed by atoms with Crippen LogP contribution in [0.1, 0.15) is 0 Å². The first-order valence-electron chi connectivity index (χ1n) is 3.92. The SMILES string of the molecule is C[n+]1ccc(Cl)c2ccc(Cl)cc21.[I-]. The molecule has 0 unspecified atom stereocenters. The molecule has 0 aliphatic rings. The topological polar surface area (TPSA) is 3.88 Å². The van der Waals surface area contributed by atoms with E-state index < -0.39 is 0 Å². The predicted octanol–water partition coefficient (Wildman–Crippen LogP) is -0.0249. The maximum absolute atomic E-state index is 6.02. The van der Waals surface area contributed by atoms with Crippen LogP contribution in [-0.4, -0.2) is 0 Å². The zero-order valence-electron chi connectivity index (χ0n) is 7.47. The van der Waals surface area contributed by atoms with Crippen LogP contribution in [0.5, 0.6) is 0 Å². The minimum atomic E-state index is 0. The molecule has 0 spiro atoms. The lowest BCUT2D eigenvalue weighted by Crippen LogP contribution is -3.00. The molecule has 1 heterocycles. The summed E-state index contributed by atoms with van der Waals surface area (Å²) >= 11 is 11.9. The number of benzene rings is 1. The van der Waals surface area contributed by atoms with Crippen molar-refractivity contribution in [2.24, 2.45) is 7.05 Å². The van der Waals surface area contributed by atoms with Crippen LogP contribution in [-0.2, 0) is 7.05 Å². The van der Waals surface area contributed by atoms with Crippen LogP contribution in [0.25, 0.3) is 10.9 Å². The predicted molar refractivity (Wildman–Crippen MR) is 55.1 cm³/mol. The van der Waals surface area contributed by atoms with Crippen molar-refractivity contribution in [2.75, 3.05) is 0 Å². The first kappa shape index (κ1) is 12.0. The average molecular weight is 340 g/mol. The number of halogens is 3. The van der Waals surface area contributed by atoms with Gasteiger partial charge in [-0.15, -0.1) is 0 Å². The molecule has 0 saturated heterocycles. The molecule has 1 aromatic heterocycles. The van der Waals surface area contributed by atoms with Crippen molar-refractivity contribution in [3.05, 3.63) is 40.5 Å². The smallest absolute Gasteiger partial charge is 0.215 e. The summed E-state index contributed by atoms with van der Waals surface area (Å²) < 4.78 is 1.99. The minimum Gasteiger partial charge on any atom is -1.00 e. The highest BCUT2D eigenvalue weighted by Gasteiger charge is 2.07. The highest BCUT2D eigenvalue weighted by Crippen LogP contribution is 2.22. The van der Waals surface area contributed by atoms with Crippen molar-refractivity contribution in [2.45, 2.75) is 0 Å². The normalized spacial score (nSPS) is 9.93. The van der Waals surface area contributed by atoms with Crippen LogP contribution >= 0.6 is 23.2 Å². The van der Waals surface area contributed by atoms with Crippen molar-refractivity contribution in [1.29, 1.82) is 0 Å². The van der Waals surface area contributed by atoms with Crippen molar-refractivity contribution in [1.82, 2.24) is 0 Å². The summed E-state index contributed by atoms with van der Waals surface area (Å²) in [6.45, 7) is 0. The molecule has 0 fully saturated rings. The van der Waals surface area contributed by atoms with Gasteiger partial charge in [0.15, 0.2) is 6.20 Å². The van der Waals surface area contributed by atoms with Gasteiger partial charge >= 0.3 is 0 Å². The Bertz CT molecular complexity index is 471. The van der Waals surface area contributed by atoms with Crippen LogP contribution in [0, 0.1) is 0 Å². The van der Waals surface area contributed by atoms with E-state index in [2.05, 4.69) is 0 Å². The molecule has 0 aliphatic carbocycles. The largest absolute Gasteiger partial charge is 1.00 e. The highest BCUT2D eigenvalue weighted by molar-refractivity contribution is 6.35. The summed E-state index contributed by atoms with van der Waals surface area (Å²) in [5.41, 5.74) is 1.04. The number of hydrogen-bond donors (Lipinski definition) is 0. The van der Waals surface area contributed by atoms with Crippen LogP contribution in [0.2, 0.25) is 10.0 Å². The standard InChI is InChI=1S/C10H8Cl2N.HI/c1-13-5-4-9(12)8-3-2-7(11)6-10(8)13;/h2-6H,1H3;1H/q+1;/p-1. The summed E-state index contributed by atoms with van der Waals surface area (Å²) in [5.74, 6) is 0. The van der Waals surface area contributed by atoms with Gasteiger partial charge in [-0.1, -0.05) is 23.2 Å². The monoisotopic (exact) mass is 339 g/mol. The first-order valence-corrected chi connectivity index (χ1v) is 4.67. The Balaban J connectivity index is 0.000000980. The maximum Gasteiger partial charge on any atom is 0.215 e. The van der Waals surface area contributed by atoms with Crippen molar-refractivity contribution in [3.8, 4) is 0 Å². The van der Waals surface area contributed by atoms with E-state index in [9.17, 15) is 0 Å². The van der Waals surface area contributed by atoms with Crippen molar-refractivity contribution >= 4 is 34.1 Å². The Hall–Kier alpha value is -0.0600. The molecule has 0 radical (unpaired) electrons. The summed E-state index contributed by atoms with van der Waals surface area (Å²) in [5, 5.41) is 2.51. The Morgan fingerprint density at radius 2 is 1.86 bits per heavy atom. The number of nitrogens with zero attached hydrogens (tertiary/aromatic N) is 1. The second kappa shape index (κ2) is 4.64. The maximum atomic E-state index is 6.02. The van der Waals surface area contributed by atoms with E-state index in [-0.39, 0.29) is 24.0 Å². The molecule has 0 atom stereocenters. The number of aryl methyl sites for hydroxylation is 1. The number of rotatable bonds is 0. The molecule has 0 saturated carbocycles. The van der Waals surface area contributed by atoms with Gasteiger partial charge in [0, 0.05) is 17.2 Å². The molecule has 0 N–H and O–H groups in total. The fraction of sp³-hybridized carbons (Fsp3) is 0.100. The van der Waals surface area contributed by atoms with Gasteiger partial charge in [-0.2, -0.15) is 0 Å². The molecule has 1 nitrogen and oxygen atoms in total. The molecule has 4 heteroatoms. The number of fused-ring (bicyclic) bond motifs is 1. The summed E-state index contributed by atoms with van der Waals surface area (Å²) in [6.07, 6.45) is 1.92. The molecule has 0 amide bonds. The van der Waals surface area contributed by atoms with Gasteiger partial charge in [-0.3, -0.25) is 0 Å². The van der Waals surface area contributed by atoms with Gasteiger partial charge in [0.25, 0.3) is 0 Å². The summed E-state index contributed by atoms with van der Waals surface area (Å²) in [4.78, 5) is 0. The van der Waals surface area contributed by atoms with E-state index in [1.54, 1.807) is 0 Å². The molecule has 14 heavy (non-hydrogen) atoms. The number of hydrogen-bond acceptors (Lipinski definition) is 0. The third kappa shape index (κ3) is 2.12. The lowest BCUT2D eigenvalue weighted by Gasteiger charge is -1.98. The Morgan fingerprint density at radius 3 is 2.57 bits per heavy atom. The molecule has 1 aromatic carbocycles. The van der Waals surface area contributed by atoms with E-state index >= 15 is 0 Å². The summed E-state index contributed by atoms with van der Waals surface area (Å²) in [7, 11) is 1.97. The van der Waals surface area contributed by atoms with E-state index in [1.165, 1.54) is 0 Å². The highest BCUT2D eigenvalue weighted by atomic mass is 127. The molecule has 74 valence electrons. The fourth-order valence-corrected chi connectivity index (χ4v) is 1.73. The van der Waals surface area contributed by atoms with Gasteiger partial charge in [0.05, 0.1) is 10.4 Å². The number of pyridine rings is 1. The zero-order valence-corrected chi connectivity index (χ0v) is 11.1. The van der Waals surface area contributed by atoms with Gasteiger partial charge in [-0.25, -0.2) is 4.57 Å². The van der Waals surface area contributed by atoms with Gasteiger partial charge in [0.2, 0.25) is 5.52 Å². The van der Waals surface area contributed by atoms with E-state index in [0.717, 1.165) is 20.9 Å². The van der Waals surface area contributed by atoms with Crippen LogP contribution in [0.4, 0.5) is 0 Å². The Morgan fingerprint density at radius 1 is 1.14 bits per heavy atom. The lowest BCUT2D eigenvalue weighted by molar-refractivity contribution is -0.644. The molecule has 2 aromatic rings. The molecular weight excluding hydrogens is 332 g/mol. The average Bonchev–Trinajstić information content (AvgIpc) is 2.12. The number of aromatic nitrogens is 1. The van der Waals surface area contributed by atoms with E-state index in [1.807, 2.05) is 42.1 Å². The molecular formula is C10H8Cl2IN. The van der Waals surface area contributed by atoms with Crippen LogP contribution < -0.4 is 28.5 Å². The van der Waals surface area contributed by atoms with E-state index in [4.69, 9.17) is 23.2 Å². The van der Waals surface area contributed by atoms with Gasteiger partial charge in [0.1, 0.15) is 7.05 Å². The first-order chi connectivity index (χ1) is 6.18. The molecule has 0 bridgehead atoms. The second-order valence-corrected chi connectivity index (χ2v) is 3.78. The van der Waals surface area contributed by atoms with Crippen molar-refractivity contribution in [3.63, 3.8) is 0 Å². The van der Waals surface area contributed by atoms with E-state index in [0.29, 0.717) is 0 Å². The lowest BCUT2D eigenvalue weighted by atomic mass is 10.2. The summed E-state index contributed by atoms with van der Waals surface area (Å²) in [6, 6.07) is 7.55. The third-order valence-corrected chi connectivity index (χ3v) is 2.61. The quantitative estimate of drug-likeness (QED) is 0.469. The minimum absolute atomic E-state index is 0. The van der Waals surface area contributed by atoms with Crippen molar-refractivity contribution < 1.29 is 28.5 Å². The molecule has 0 aliphatic heterocycles. The third-order valence-electron chi connectivity index (χ3n) is 2.04. The zero-order chi connectivity index (χ0) is 9.42. The Kier molecular flexibility index (Phi) is 3.98. The van der Waals surface area contributed by atoms with Crippen LogP contribution in [0.3, 0.4) is 0 Å².